The predicted molar refractivity (Wildman–Crippen MR) is 164 cm³/mol. The standard InChI is InChI=1S/C21H24O4.C11H17N7/c1-21(2,15-3-7-17(8-4-15)22-11-19-13-24-19)16-5-9-18(10-6-16)23-12-20-14-25-20;1-3-9-14-7(2)6-18(9)5-4-8-15-10(12)17-11(13)16-8/h3-10,19-20H,11-14H2,1-2H3;6H,3-5H2,1-2H3,(H4,12,13,15,16,17). The van der Waals surface area contributed by atoms with Gasteiger partial charge in [0.1, 0.15) is 48.6 Å². The van der Waals surface area contributed by atoms with Crippen molar-refractivity contribution in [1.82, 2.24) is 24.5 Å². The molecule has 228 valence electrons. The monoisotopic (exact) mass is 587 g/mol. The molecule has 4 heterocycles. The minimum absolute atomic E-state index is 0.0870. The van der Waals surface area contributed by atoms with E-state index in [1.165, 1.54) is 11.1 Å². The maximum Gasteiger partial charge on any atom is 0.225 e. The summed E-state index contributed by atoms with van der Waals surface area (Å²) in [4.78, 5) is 16.3. The fraction of sp³-hybridized carbons (Fsp3) is 0.438. The van der Waals surface area contributed by atoms with Gasteiger partial charge in [0.2, 0.25) is 11.9 Å². The van der Waals surface area contributed by atoms with E-state index in [1.54, 1.807) is 0 Å². The zero-order valence-corrected chi connectivity index (χ0v) is 25.3. The van der Waals surface area contributed by atoms with E-state index >= 15 is 0 Å². The molecule has 2 unspecified atom stereocenters. The number of nitrogen functional groups attached to an aromatic ring is 2. The quantitative estimate of drug-likeness (QED) is 0.233. The average molecular weight is 588 g/mol. The maximum atomic E-state index is 5.72. The third-order valence-corrected chi connectivity index (χ3v) is 7.42. The van der Waals surface area contributed by atoms with Crippen LogP contribution in [0.3, 0.4) is 0 Å². The minimum Gasteiger partial charge on any atom is -0.491 e. The van der Waals surface area contributed by atoms with Gasteiger partial charge in [-0.05, 0) is 42.3 Å². The van der Waals surface area contributed by atoms with E-state index in [9.17, 15) is 0 Å². The number of nitrogens with zero attached hydrogens (tertiary/aromatic N) is 5. The Morgan fingerprint density at radius 1 is 0.814 bits per heavy atom. The number of hydrogen-bond donors (Lipinski definition) is 2. The van der Waals surface area contributed by atoms with Gasteiger partial charge in [0.15, 0.2) is 0 Å². The number of nitrogens with two attached hydrogens (primary N) is 2. The Morgan fingerprint density at radius 3 is 1.74 bits per heavy atom. The molecule has 2 aromatic heterocycles. The Bertz CT molecular complexity index is 1400. The van der Waals surface area contributed by atoms with Gasteiger partial charge in [0.05, 0.1) is 18.9 Å². The summed E-state index contributed by atoms with van der Waals surface area (Å²) < 4.78 is 23.9. The topological polar surface area (TPSA) is 152 Å². The highest BCUT2D eigenvalue weighted by Crippen LogP contribution is 2.33. The third kappa shape index (κ3) is 8.65. The summed E-state index contributed by atoms with van der Waals surface area (Å²) in [5.41, 5.74) is 14.5. The van der Waals surface area contributed by atoms with Crippen LogP contribution in [0.15, 0.2) is 54.7 Å². The molecule has 0 radical (unpaired) electrons. The van der Waals surface area contributed by atoms with E-state index in [0.717, 1.165) is 49.2 Å². The van der Waals surface area contributed by atoms with E-state index in [4.69, 9.17) is 30.4 Å². The fourth-order valence-corrected chi connectivity index (χ4v) is 4.67. The molecule has 0 aliphatic carbocycles. The molecule has 6 rings (SSSR count). The number of hydrogen-bond acceptors (Lipinski definition) is 10. The van der Waals surface area contributed by atoms with Crippen molar-refractivity contribution in [2.75, 3.05) is 37.9 Å². The molecular formula is C32H41N7O4. The van der Waals surface area contributed by atoms with Gasteiger partial charge in [-0.1, -0.05) is 45.0 Å². The van der Waals surface area contributed by atoms with Crippen LogP contribution in [0.25, 0.3) is 0 Å². The van der Waals surface area contributed by atoms with Crippen LogP contribution in [0.4, 0.5) is 11.9 Å². The lowest BCUT2D eigenvalue weighted by Crippen LogP contribution is -2.18. The van der Waals surface area contributed by atoms with Gasteiger partial charge < -0.3 is 35.0 Å². The molecule has 2 saturated heterocycles. The Balaban J connectivity index is 0.000000181. The molecule has 43 heavy (non-hydrogen) atoms. The number of rotatable bonds is 12. The molecule has 2 aromatic carbocycles. The number of ether oxygens (including phenoxy) is 4. The van der Waals surface area contributed by atoms with Gasteiger partial charge in [0, 0.05) is 31.0 Å². The molecule has 2 aliphatic rings. The van der Waals surface area contributed by atoms with Crippen molar-refractivity contribution in [2.24, 2.45) is 0 Å². The van der Waals surface area contributed by atoms with Gasteiger partial charge >= 0.3 is 0 Å². The Hall–Kier alpha value is -4.22. The Kier molecular flexibility index (Phi) is 9.42. The summed E-state index contributed by atoms with van der Waals surface area (Å²) in [6.07, 6.45) is 4.13. The summed E-state index contributed by atoms with van der Waals surface area (Å²) in [6.45, 7) is 12.2. The fourth-order valence-electron chi connectivity index (χ4n) is 4.67. The molecule has 0 bridgehead atoms. The zero-order valence-electron chi connectivity index (χ0n) is 25.3. The molecule has 11 heteroatoms. The molecule has 0 amide bonds. The number of aromatic nitrogens is 5. The molecule has 0 spiro atoms. The second kappa shape index (κ2) is 13.4. The van der Waals surface area contributed by atoms with Crippen molar-refractivity contribution in [3.63, 3.8) is 0 Å². The number of aryl methyl sites for hydroxylation is 4. The Labute approximate surface area is 252 Å². The van der Waals surface area contributed by atoms with E-state index in [-0.39, 0.29) is 29.5 Å². The van der Waals surface area contributed by atoms with Crippen LogP contribution in [0.5, 0.6) is 11.5 Å². The highest BCUT2D eigenvalue weighted by atomic mass is 16.6. The van der Waals surface area contributed by atoms with Crippen molar-refractivity contribution in [3.8, 4) is 11.5 Å². The van der Waals surface area contributed by atoms with Crippen molar-refractivity contribution >= 4 is 11.9 Å². The molecule has 2 fully saturated rings. The van der Waals surface area contributed by atoms with Crippen LogP contribution in [-0.4, -0.2) is 63.1 Å². The van der Waals surface area contributed by atoms with Crippen LogP contribution in [-0.2, 0) is 34.3 Å². The first kappa shape index (κ1) is 30.2. The first-order valence-corrected chi connectivity index (χ1v) is 14.7. The first-order valence-electron chi connectivity index (χ1n) is 14.7. The van der Waals surface area contributed by atoms with Crippen LogP contribution in [0.1, 0.15) is 49.2 Å². The predicted octanol–water partition coefficient (Wildman–Crippen LogP) is 3.91. The van der Waals surface area contributed by atoms with Gasteiger partial charge in [-0.2, -0.15) is 15.0 Å². The van der Waals surface area contributed by atoms with E-state index < -0.39 is 0 Å². The lowest BCUT2D eigenvalue weighted by atomic mass is 9.78. The van der Waals surface area contributed by atoms with Gasteiger partial charge in [-0.25, -0.2) is 4.98 Å². The van der Waals surface area contributed by atoms with Crippen molar-refractivity contribution in [3.05, 3.63) is 83.2 Å². The zero-order chi connectivity index (χ0) is 30.4. The van der Waals surface area contributed by atoms with Crippen molar-refractivity contribution in [2.45, 2.75) is 64.7 Å². The largest absolute Gasteiger partial charge is 0.491 e. The second-order valence-electron chi connectivity index (χ2n) is 11.3. The number of benzene rings is 2. The average Bonchev–Trinajstić information content (AvgIpc) is 3.93. The highest BCUT2D eigenvalue weighted by molar-refractivity contribution is 5.42. The third-order valence-electron chi connectivity index (χ3n) is 7.42. The molecule has 2 atom stereocenters. The SMILES string of the molecule is CC(C)(c1ccc(OCC2CO2)cc1)c1ccc(OCC2CO2)cc1.CCc1nc(C)cn1CCc1nc(N)nc(N)n1. The van der Waals surface area contributed by atoms with Gasteiger partial charge in [-0.3, -0.25) is 0 Å². The lowest BCUT2D eigenvalue weighted by molar-refractivity contribution is 0.263. The van der Waals surface area contributed by atoms with Crippen LogP contribution in [0, 0.1) is 6.92 Å². The van der Waals surface area contributed by atoms with Crippen LogP contribution in [0.2, 0.25) is 0 Å². The van der Waals surface area contributed by atoms with E-state index in [2.05, 4.69) is 69.5 Å². The van der Waals surface area contributed by atoms with Crippen LogP contribution < -0.4 is 20.9 Å². The van der Waals surface area contributed by atoms with Crippen molar-refractivity contribution in [1.29, 1.82) is 0 Å². The van der Waals surface area contributed by atoms with Gasteiger partial charge in [0.25, 0.3) is 0 Å². The van der Waals surface area contributed by atoms with Crippen LogP contribution >= 0.6 is 0 Å². The smallest absolute Gasteiger partial charge is 0.225 e. The highest BCUT2D eigenvalue weighted by Gasteiger charge is 2.26. The molecule has 11 nitrogen and oxygen atoms in total. The minimum atomic E-state index is -0.0870. The normalized spacial score (nSPS) is 17.1. The number of epoxide rings is 2. The summed E-state index contributed by atoms with van der Waals surface area (Å²) in [5.74, 6) is 3.77. The van der Waals surface area contributed by atoms with E-state index in [1.807, 2.05) is 37.4 Å². The lowest BCUT2D eigenvalue weighted by Gasteiger charge is -2.26. The first-order chi connectivity index (χ1) is 20.7. The molecular weight excluding hydrogens is 546 g/mol. The maximum absolute atomic E-state index is 5.72. The number of anilines is 2. The summed E-state index contributed by atoms with van der Waals surface area (Å²) in [5, 5.41) is 0. The second-order valence-corrected chi connectivity index (χ2v) is 11.3. The molecule has 4 N–H and O–H groups in total. The van der Waals surface area contributed by atoms with Gasteiger partial charge in [-0.15, -0.1) is 0 Å². The number of imidazole rings is 1. The molecule has 0 saturated carbocycles. The molecule has 2 aliphatic heterocycles. The summed E-state index contributed by atoms with van der Waals surface area (Å²) >= 11 is 0. The summed E-state index contributed by atoms with van der Waals surface area (Å²) in [7, 11) is 0. The van der Waals surface area contributed by atoms with E-state index in [0.29, 0.717) is 25.5 Å². The molecule has 4 aromatic rings. The van der Waals surface area contributed by atoms with Crippen molar-refractivity contribution < 1.29 is 18.9 Å². The Morgan fingerprint density at radius 2 is 1.30 bits per heavy atom. The summed E-state index contributed by atoms with van der Waals surface area (Å²) in [6, 6.07) is 16.7.